The number of aromatic amines is 3. The van der Waals surface area contributed by atoms with Crippen molar-refractivity contribution in [2.45, 2.75) is 9.79 Å². The summed E-state index contributed by atoms with van der Waals surface area (Å²) in [4.78, 5) is 16.4. The van der Waals surface area contributed by atoms with Crippen LogP contribution in [0.1, 0.15) is 17.0 Å². The first-order valence-corrected chi connectivity index (χ1v) is 23.3. The van der Waals surface area contributed by atoms with E-state index in [-0.39, 0.29) is 15.7 Å². The van der Waals surface area contributed by atoms with E-state index < -0.39 is 19.7 Å². The predicted octanol–water partition coefficient (Wildman–Crippen LogP) is 10.9. The topological polar surface area (TPSA) is 142 Å². The molecule has 2 aliphatic rings. The van der Waals surface area contributed by atoms with E-state index >= 15 is 0 Å². The monoisotopic (exact) mass is 836 g/mol. The first-order valence-electron chi connectivity index (χ1n) is 19.5. The van der Waals surface area contributed by atoms with Gasteiger partial charge in [0.2, 0.25) is 0 Å². The van der Waals surface area contributed by atoms with E-state index in [1.54, 1.807) is 48.5 Å². The van der Waals surface area contributed by atoms with Crippen molar-refractivity contribution in [3.8, 4) is 45.2 Å². The molecule has 0 radical (unpaired) electrons. The lowest BCUT2D eigenvalue weighted by Gasteiger charge is -2.05. The summed E-state index contributed by atoms with van der Waals surface area (Å²) in [6.07, 6.45) is 14.5. The number of benzene rings is 3. The molecule has 3 N–H and O–H groups in total. The fourth-order valence-corrected chi connectivity index (χ4v) is 9.06. The molecule has 8 aromatic rings. The Labute approximate surface area is 351 Å². The average Bonchev–Trinajstić information content (AvgIpc) is 4.10. The molecule has 0 spiro atoms. The van der Waals surface area contributed by atoms with Gasteiger partial charge in [-0.25, -0.2) is 21.8 Å². The average molecular weight is 837 g/mol. The van der Waals surface area contributed by atoms with Crippen molar-refractivity contribution in [2.75, 3.05) is 12.5 Å². The number of hydrogen-bond acceptors (Lipinski definition) is 6. The molecule has 0 atom stereocenters. The third-order valence-corrected chi connectivity index (χ3v) is 13.1. The Balaban J connectivity index is 1.26. The van der Waals surface area contributed by atoms with Crippen molar-refractivity contribution >= 4 is 76.1 Å². The molecule has 6 heterocycles. The summed E-state index contributed by atoms with van der Waals surface area (Å²) in [5, 5.41) is 0. The molecule has 0 saturated heterocycles. The van der Waals surface area contributed by atoms with Crippen LogP contribution in [0.2, 0.25) is 0 Å². The minimum absolute atomic E-state index is 0.112. The molecule has 0 fully saturated rings. The van der Waals surface area contributed by atoms with Gasteiger partial charge in [0.1, 0.15) is 11.2 Å². The Morgan fingerprint density at radius 3 is 1.44 bits per heavy atom. The van der Waals surface area contributed by atoms with Crippen LogP contribution in [0.3, 0.4) is 0 Å². The predicted molar refractivity (Wildman–Crippen MR) is 245 cm³/mol. The van der Waals surface area contributed by atoms with Gasteiger partial charge in [-0.05, 0) is 114 Å². The minimum atomic E-state index is -3.44. The highest BCUT2D eigenvalue weighted by atomic mass is 32.2. The molecule has 3 aromatic carbocycles. The largest absolute Gasteiger partial charge is 0.456 e. The van der Waals surface area contributed by atoms with Crippen molar-refractivity contribution in [3.05, 3.63) is 163 Å². The van der Waals surface area contributed by atoms with E-state index in [9.17, 15) is 16.8 Å². The molecule has 1 aliphatic heterocycles. The Kier molecular flexibility index (Phi) is 9.13. The quantitative estimate of drug-likeness (QED) is 0.147. The van der Waals surface area contributed by atoms with Crippen LogP contribution in [-0.2, 0) is 19.7 Å². The van der Waals surface area contributed by atoms with Gasteiger partial charge in [-0.1, -0.05) is 72.5 Å². The van der Waals surface area contributed by atoms with Crippen molar-refractivity contribution in [2.24, 2.45) is 5.92 Å². The molecule has 11 heteroatoms. The van der Waals surface area contributed by atoms with Gasteiger partial charge in [0.15, 0.2) is 19.7 Å². The number of rotatable bonds is 5. The molecule has 0 saturated carbocycles. The van der Waals surface area contributed by atoms with E-state index in [2.05, 4.69) is 57.1 Å². The van der Waals surface area contributed by atoms with Crippen LogP contribution in [0.25, 0.3) is 89.8 Å². The number of fused-ring (bicyclic) bond motifs is 12. The maximum absolute atomic E-state index is 12.4. The highest BCUT2D eigenvalue weighted by Crippen LogP contribution is 2.37. The van der Waals surface area contributed by atoms with Gasteiger partial charge < -0.3 is 19.4 Å². The Hall–Kier alpha value is -7.39. The molecule has 9 nitrogen and oxygen atoms in total. The highest BCUT2D eigenvalue weighted by Gasteiger charge is 2.17. The van der Waals surface area contributed by atoms with E-state index in [4.69, 9.17) is 9.40 Å². The van der Waals surface area contributed by atoms with Crippen LogP contribution in [0.4, 0.5) is 0 Å². The number of hydrogen-bond donors (Lipinski definition) is 3. The first kappa shape index (κ1) is 37.9. The maximum Gasteiger partial charge on any atom is 0.175 e. The lowest BCUT2D eigenvalue weighted by Crippen LogP contribution is -1.96. The summed E-state index contributed by atoms with van der Waals surface area (Å²) in [7, 11) is -6.87. The van der Waals surface area contributed by atoms with E-state index in [0.29, 0.717) is 22.3 Å². The molecule has 0 unspecified atom stereocenters. The van der Waals surface area contributed by atoms with E-state index in [0.717, 1.165) is 72.3 Å². The van der Waals surface area contributed by atoms with Crippen molar-refractivity contribution in [1.82, 2.24) is 19.9 Å². The van der Waals surface area contributed by atoms with Gasteiger partial charge in [-0.15, -0.1) is 0 Å². The van der Waals surface area contributed by atoms with Crippen LogP contribution in [0, 0.1) is 17.8 Å². The van der Waals surface area contributed by atoms with Crippen LogP contribution < -0.4 is 0 Å². The molecule has 5 aromatic heterocycles. The minimum Gasteiger partial charge on any atom is -0.456 e. The SMILES string of the molecule is CS(=O)(=O)c1ccc(-c2c3ccc([nH]3)c3nc(c(-c4ccc(C#CC5C=CC=C5)cc4)c4ccc([nH]4)c4ccc([nH]4)c(-c4ccc(S(C)(=O)=O)cc4)c4ccc2o4)C=C3)cc1. The third-order valence-electron chi connectivity index (χ3n) is 10.9. The zero-order chi connectivity index (χ0) is 41.9. The zero-order valence-corrected chi connectivity index (χ0v) is 34.5. The summed E-state index contributed by atoms with van der Waals surface area (Å²) < 4.78 is 56.5. The second-order valence-corrected chi connectivity index (χ2v) is 19.1. The van der Waals surface area contributed by atoms with Crippen LogP contribution in [0.5, 0.6) is 0 Å². The Morgan fingerprint density at radius 2 is 0.918 bits per heavy atom. The van der Waals surface area contributed by atoms with Gasteiger partial charge in [-0.2, -0.15) is 0 Å². The second-order valence-electron chi connectivity index (χ2n) is 15.1. The van der Waals surface area contributed by atoms with Crippen LogP contribution in [-0.4, -0.2) is 49.3 Å². The number of H-pyrrole nitrogens is 3. The maximum atomic E-state index is 12.4. The molecular weight excluding hydrogens is 801 g/mol. The summed E-state index contributed by atoms with van der Waals surface area (Å²) in [6.45, 7) is 0. The molecule has 0 amide bonds. The summed E-state index contributed by atoms with van der Waals surface area (Å²) in [6, 6.07) is 37.5. The molecule has 1 aliphatic carbocycles. The van der Waals surface area contributed by atoms with Gasteiger partial charge >= 0.3 is 0 Å². The lowest BCUT2D eigenvalue weighted by molar-refractivity contribution is 0.600. The summed E-state index contributed by atoms with van der Waals surface area (Å²) in [5.74, 6) is 6.72. The zero-order valence-electron chi connectivity index (χ0n) is 32.9. The Morgan fingerprint density at radius 1 is 0.492 bits per heavy atom. The molecule has 61 heavy (non-hydrogen) atoms. The van der Waals surface area contributed by atoms with Gasteiger partial charge in [0.05, 0.1) is 54.7 Å². The van der Waals surface area contributed by atoms with Gasteiger partial charge in [0, 0.05) is 40.3 Å². The van der Waals surface area contributed by atoms with E-state index in [1.807, 2.05) is 78.9 Å². The molecular formula is C50H36N4O5S2. The number of nitrogens with one attached hydrogen (secondary N) is 3. The number of allylic oxidation sites excluding steroid dienone is 4. The van der Waals surface area contributed by atoms with Crippen molar-refractivity contribution < 1.29 is 21.3 Å². The number of furan rings is 1. The summed E-state index contributed by atoms with van der Waals surface area (Å²) in [5.41, 5.74) is 13.0. The smallest absolute Gasteiger partial charge is 0.175 e. The normalized spacial score (nSPS) is 13.3. The third kappa shape index (κ3) is 7.33. The van der Waals surface area contributed by atoms with Gasteiger partial charge in [-0.3, -0.25) is 0 Å². The van der Waals surface area contributed by atoms with Crippen molar-refractivity contribution in [3.63, 3.8) is 0 Å². The molecule has 10 bridgehead atoms. The van der Waals surface area contributed by atoms with Gasteiger partial charge in [0.25, 0.3) is 0 Å². The summed E-state index contributed by atoms with van der Waals surface area (Å²) >= 11 is 0. The van der Waals surface area contributed by atoms with Crippen LogP contribution in [0.15, 0.2) is 160 Å². The van der Waals surface area contributed by atoms with Crippen LogP contribution >= 0.6 is 0 Å². The fourth-order valence-electron chi connectivity index (χ4n) is 7.80. The highest BCUT2D eigenvalue weighted by molar-refractivity contribution is 7.91. The van der Waals surface area contributed by atoms with Crippen molar-refractivity contribution in [1.29, 1.82) is 0 Å². The first-order chi connectivity index (χ1) is 29.4. The number of sulfone groups is 2. The second kappa shape index (κ2) is 14.7. The number of aromatic nitrogens is 4. The molecule has 298 valence electrons. The molecule has 10 rings (SSSR count). The Bertz CT molecular complexity index is 3620. The van der Waals surface area contributed by atoms with E-state index in [1.165, 1.54) is 12.5 Å². The lowest BCUT2D eigenvalue weighted by atomic mass is 10.0. The standard InChI is InChI=1S/C50H36N4O5S2/c1-60(55,56)36-17-13-34(14-18-36)49-44-27-23-40(53-44)38-21-25-42(51-38)48(33-11-9-32(10-12-33)8-7-31-5-3-4-6-31)43-26-22-39(52-43)41-24-28-45(54-41)50(47-30-29-46(49)59-47)35-15-19-37(20-16-35)61(2,57)58/h3-6,9-31,51,53-54H,1-2H3. The fraction of sp³-hybridized carbons (Fsp3) is 0.0600. The number of nitrogens with zero attached hydrogens (tertiary/aromatic N) is 1.